The molecule has 1 N–H and O–H groups in total. The molecule has 0 bridgehead atoms. The molecule has 0 saturated carbocycles. The van der Waals surface area contributed by atoms with Gasteiger partial charge in [-0.3, -0.25) is 0 Å². The highest BCUT2D eigenvalue weighted by atomic mass is 32.1. The number of aromatic nitrogens is 1. The lowest BCUT2D eigenvalue weighted by Crippen LogP contribution is -2.17. The fraction of sp³-hybridized carbons (Fsp3) is 0.400. The molecule has 94 valence electrons. The SMILES string of the molecule is CCc1csc(NC2CCCc3ccccc32)n1. The van der Waals surface area contributed by atoms with Crippen molar-refractivity contribution in [1.82, 2.24) is 4.98 Å². The van der Waals surface area contributed by atoms with Crippen molar-refractivity contribution in [3.63, 3.8) is 0 Å². The second kappa shape index (κ2) is 5.11. The van der Waals surface area contributed by atoms with Crippen LogP contribution in [-0.2, 0) is 12.8 Å². The zero-order valence-electron chi connectivity index (χ0n) is 10.6. The maximum absolute atomic E-state index is 4.60. The van der Waals surface area contributed by atoms with Crippen LogP contribution in [0.2, 0.25) is 0 Å². The molecule has 3 rings (SSSR count). The number of rotatable bonds is 3. The highest BCUT2D eigenvalue weighted by Gasteiger charge is 2.20. The van der Waals surface area contributed by atoms with Gasteiger partial charge < -0.3 is 5.32 Å². The summed E-state index contributed by atoms with van der Waals surface area (Å²) >= 11 is 1.72. The zero-order chi connectivity index (χ0) is 12.4. The fourth-order valence-corrected chi connectivity index (χ4v) is 3.44. The van der Waals surface area contributed by atoms with Gasteiger partial charge in [0.25, 0.3) is 0 Å². The van der Waals surface area contributed by atoms with Gasteiger partial charge in [-0.15, -0.1) is 11.3 Å². The van der Waals surface area contributed by atoms with Crippen molar-refractivity contribution in [3.8, 4) is 0 Å². The van der Waals surface area contributed by atoms with Crippen LogP contribution >= 0.6 is 11.3 Å². The van der Waals surface area contributed by atoms with Crippen LogP contribution in [0, 0.1) is 0 Å². The summed E-state index contributed by atoms with van der Waals surface area (Å²) in [4.78, 5) is 4.60. The van der Waals surface area contributed by atoms with Crippen LogP contribution in [0.4, 0.5) is 5.13 Å². The fourth-order valence-electron chi connectivity index (χ4n) is 2.59. The number of hydrogen-bond acceptors (Lipinski definition) is 3. The molecule has 1 aliphatic carbocycles. The highest BCUT2D eigenvalue weighted by Crippen LogP contribution is 2.33. The molecule has 0 spiro atoms. The summed E-state index contributed by atoms with van der Waals surface area (Å²) in [5, 5.41) is 6.81. The predicted octanol–water partition coefficient (Wildman–Crippen LogP) is 4.20. The standard InChI is InChI=1S/C15H18N2S/c1-2-12-10-18-15(16-12)17-14-9-5-7-11-6-3-4-8-13(11)14/h3-4,6,8,10,14H,2,5,7,9H2,1H3,(H,16,17). The number of fused-ring (bicyclic) bond motifs is 1. The average Bonchev–Trinajstić information content (AvgIpc) is 2.87. The van der Waals surface area contributed by atoms with E-state index >= 15 is 0 Å². The number of benzene rings is 1. The maximum Gasteiger partial charge on any atom is 0.183 e. The van der Waals surface area contributed by atoms with Gasteiger partial charge in [0, 0.05) is 5.38 Å². The van der Waals surface area contributed by atoms with E-state index in [-0.39, 0.29) is 0 Å². The van der Waals surface area contributed by atoms with Gasteiger partial charge in [-0.25, -0.2) is 4.98 Å². The van der Waals surface area contributed by atoms with E-state index in [1.54, 1.807) is 11.3 Å². The summed E-state index contributed by atoms with van der Waals surface area (Å²) in [5.74, 6) is 0. The molecule has 0 fully saturated rings. The van der Waals surface area contributed by atoms with Crippen LogP contribution in [0.3, 0.4) is 0 Å². The molecule has 3 heteroatoms. The molecule has 1 heterocycles. The van der Waals surface area contributed by atoms with E-state index in [2.05, 4.69) is 46.9 Å². The van der Waals surface area contributed by atoms with Gasteiger partial charge in [-0.05, 0) is 36.8 Å². The van der Waals surface area contributed by atoms with Crippen molar-refractivity contribution in [1.29, 1.82) is 0 Å². The van der Waals surface area contributed by atoms with E-state index < -0.39 is 0 Å². The van der Waals surface area contributed by atoms with Crippen molar-refractivity contribution >= 4 is 16.5 Å². The van der Waals surface area contributed by atoms with E-state index in [1.165, 1.54) is 36.1 Å². The van der Waals surface area contributed by atoms with Crippen molar-refractivity contribution in [3.05, 3.63) is 46.5 Å². The second-order valence-corrected chi connectivity index (χ2v) is 5.64. The highest BCUT2D eigenvalue weighted by molar-refractivity contribution is 7.13. The van der Waals surface area contributed by atoms with Crippen LogP contribution < -0.4 is 5.32 Å². The monoisotopic (exact) mass is 258 g/mol. The van der Waals surface area contributed by atoms with E-state index in [9.17, 15) is 0 Å². The minimum absolute atomic E-state index is 0.436. The largest absolute Gasteiger partial charge is 0.355 e. The Morgan fingerprint density at radius 3 is 3.11 bits per heavy atom. The topological polar surface area (TPSA) is 24.9 Å². The van der Waals surface area contributed by atoms with Crippen molar-refractivity contribution in [2.24, 2.45) is 0 Å². The Morgan fingerprint density at radius 2 is 2.28 bits per heavy atom. The lowest BCUT2D eigenvalue weighted by molar-refractivity contribution is 0.600. The molecular formula is C15H18N2S. The molecule has 0 saturated heterocycles. The third-order valence-electron chi connectivity index (χ3n) is 3.58. The first kappa shape index (κ1) is 11.7. The summed E-state index contributed by atoms with van der Waals surface area (Å²) in [6, 6.07) is 9.21. The van der Waals surface area contributed by atoms with Gasteiger partial charge in [0.15, 0.2) is 5.13 Å². The minimum Gasteiger partial charge on any atom is -0.355 e. The Bertz CT molecular complexity index is 533. The summed E-state index contributed by atoms with van der Waals surface area (Å²) in [6.45, 7) is 2.15. The molecule has 0 amide bonds. The van der Waals surface area contributed by atoms with Gasteiger partial charge >= 0.3 is 0 Å². The lowest BCUT2D eigenvalue weighted by atomic mass is 9.88. The predicted molar refractivity (Wildman–Crippen MR) is 77.2 cm³/mol. The Hall–Kier alpha value is -1.35. The van der Waals surface area contributed by atoms with Crippen molar-refractivity contribution in [2.45, 2.75) is 38.6 Å². The normalized spacial score (nSPS) is 18.4. The summed E-state index contributed by atoms with van der Waals surface area (Å²) in [6.07, 6.45) is 4.70. The molecule has 2 nitrogen and oxygen atoms in total. The first-order valence-corrected chi connectivity index (χ1v) is 7.53. The smallest absolute Gasteiger partial charge is 0.183 e. The van der Waals surface area contributed by atoms with Crippen LogP contribution in [0.15, 0.2) is 29.6 Å². The molecule has 1 unspecified atom stereocenters. The Morgan fingerprint density at radius 1 is 1.39 bits per heavy atom. The third-order valence-corrected chi connectivity index (χ3v) is 4.40. The Labute approximate surface area is 112 Å². The molecule has 0 radical (unpaired) electrons. The van der Waals surface area contributed by atoms with Crippen LogP contribution in [0.25, 0.3) is 0 Å². The van der Waals surface area contributed by atoms with Gasteiger partial charge in [0.1, 0.15) is 0 Å². The lowest BCUT2D eigenvalue weighted by Gasteiger charge is -2.26. The zero-order valence-corrected chi connectivity index (χ0v) is 11.5. The molecule has 0 aliphatic heterocycles. The molecule has 1 atom stereocenters. The van der Waals surface area contributed by atoms with Gasteiger partial charge in [0.05, 0.1) is 11.7 Å². The van der Waals surface area contributed by atoms with Crippen LogP contribution in [-0.4, -0.2) is 4.98 Å². The van der Waals surface area contributed by atoms with Gasteiger partial charge in [-0.2, -0.15) is 0 Å². The van der Waals surface area contributed by atoms with E-state index in [0.717, 1.165) is 11.6 Å². The van der Waals surface area contributed by atoms with E-state index in [4.69, 9.17) is 0 Å². The maximum atomic E-state index is 4.60. The number of thiazole rings is 1. The van der Waals surface area contributed by atoms with E-state index in [0.29, 0.717) is 6.04 Å². The number of hydrogen-bond donors (Lipinski definition) is 1. The molecule has 2 aromatic rings. The Kier molecular flexibility index (Phi) is 3.33. The quantitative estimate of drug-likeness (QED) is 0.892. The third kappa shape index (κ3) is 2.27. The minimum atomic E-state index is 0.436. The first-order valence-electron chi connectivity index (χ1n) is 6.65. The van der Waals surface area contributed by atoms with Crippen LogP contribution in [0.5, 0.6) is 0 Å². The number of aryl methyl sites for hydroxylation is 2. The molecule has 18 heavy (non-hydrogen) atoms. The number of nitrogens with one attached hydrogen (secondary N) is 1. The van der Waals surface area contributed by atoms with Crippen LogP contribution in [0.1, 0.15) is 42.6 Å². The number of nitrogens with zero attached hydrogens (tertiary/aromatic N) is 1. The van der Waals surface area contributed by atoms with Crippen molar-refractivity contribution in [2.75, 3.05) is 5.32 Å². The van der Waals surface area contributed by atoms with E-state index in [1.807, 2.05) is 0 Å². The summed E-state index contributed by atoms with van der Waals surface area (Å²) < 4.78 is 0. The summed E-state index contributed by atoms with van der Waals surface area (Å²) in [7, 11) is 0. The van der Waals surface area contributed by atoms with Crippen molar-refractivity contribution < 1.29 is 0 Å². The molecule has 1 aliphatic rings. The summed E-state index contributed by atoms with van der Waals surface area (Å²) in [5.41, 5.74) is 4.14. The second-order valence-electron chi connectivity index (χ2n) is 4.79. The number of anilines is 1. The average molecular weight is 258 g/mol. The van der Waals surface area contributed by atoms with Gasteiger partial charge in [0.2, 0.25) is 0 Å². The molecule has 1 aromatic heterocycles. The Balaban J connectivity index is 1.81. The first-order chi connectivity index (χ1) is 8.86. The van der Waals surface area contributed by atoms with Gasteiger partial charge in [-0.1, -0.05) is 31.2 Å². The molecule has 1 aromatic carbocycles. The molecular weight excluding hydrogens is 240 g/mol.